The third-order valence-electron chi connectivity index (χ3n) is 8.89. The monoisotopic (exact) mass is 820 g/mol. The van der Waals surface area contributed by atoms with E-state index in [1.165, 1.54) is 13.2 Å². The van der Waals surface area contributed by atoms with E-state index in [0.29, 0.717) is 55.5 Å². The molecule has 0 aliphatic carbocycles. The summed E-state index contributed by atoms with van der Waals surface area (Å²) in [6, 6.07) is 1.76. The van der Waals surface area contributed by atoms with Gasteiger partial charge in [-0.05, 0) is 37.7 Å². The molecule has 3 saturated heterocycles. The summed E-state index contributed by atoms with van der Waals surface area (Å²) in [4.78, 5) is 58.3. The minimum Gasteiger partial charge on any atom is -0.480 e. The molecule has 3 aliphatic heterocycles. The molecule has 0 unspecified atom stereocenters. The first kappa shape index (κ1) is 43.0. The van der Waals surface area contributed by atoms with Crippen LogP contribution in [0.4, 0.5) is 22.4 Å². The third kappa shape index (κ3) is 13.5. The van der Waals surface area contributed by atoms with Crippen molar-refractivity contribution in [1.82, 2.24) is 35.5 Å². The summed E-state index contributed by atoms with van der Waals surface area (Å²) in [6.45, 7) is 8.99. The van der Waals surface area contributed by atoms with Crippen molar-refractivity contribution in [2.45, 2.75) is 53.1 Å². The lowest BCUT2D eigenvalue weighted by molar-refractivity contribution is -0.145. The normalized spacial score (nSPS) is 19.2. The van der Waals surface area contributed by atoms with Gasteiger partial charge in [0.2, 0.25) is 23.6 Å². The molecule has 3 atom stereocenters. The lowest BCUT2D eigenvalue weighted by atomic mass is 10.0. The van der Waals surface area contributed by atoms with Crippen molar-refractivity contribution in [2.24, 2.45) is 0 Å². The van der Waals surface area contributed by atoms with Crippen LogP contribution >= 0.6 is 23.5 Å². The van der Waals surface area contributed by atoms with Crippen LogP contribution in [0.15, 0.2) is 28.8 Å². The Morgan fingerprint density at radius 1 is 0.982 bits per heavy atom. The molecule has 5 rings (SSSR count). The van der Waals surface area contributed by atoms with Crippen molar-refractivity contribution in [3.63, 3.8) is 0 Å². The third-order valence-corrected chi connectivity index (χ3v) is 11.3. The van der Waals surface area contributed by atoms with E-state index in [1.807, 2.05) is 11.8 Å². The molecule has 0 spiro atoms. The number of nitrogens with zero attached hydrogens (tertiary/aromatic N) is 6. The van der Waals surface area contributed by atoms with Gasteiger partial charge >= 0.3 is 12.0 Å². The van der Waals surface area contributed by atoms with E-state index in [0.717, 1.165) is 69.0 Å². The van der Waals surface area contributed by atoms with Crippen molar-refractivity contribution in [3.8, 4) is 11.8 Å². The average Bonchev–Trinajstić information content (AvgIpc) is 3.74. The van der Waals surface area contributed by atoms with Gasteiger partial charge in [0.25, 0.3) is 0 Å². The van der Waals surface area contributed by atoms with Crippen LogP contribution in [0.1, 0.15) is 25.7 Å². The van der Waals surface area contributed by atoms with Crippen LogP contribution in [-0.2, 0) is 28.5 Å². The molecule has 5 heterocycles. The van der Waals surface area contributed by atoms with E-state index >= 15 is 0 Å². The van der Waals surface area contributed by atoms with Crippen molar-refractivity contribution < 1.29 is 42.8 Å². The predicted octanol–water partition coefficient (Wildman–Crippen LogP) is 1.58. The number of hydrogen-bond acceptors (Lipinski definition) is 18. The minimum atomic E-state index is -0.439. The number of thioether (sulfide) groups is 1. The lowest BCUT2D eigenvalue weighted by Gasteiger charge is -2.32. The summed E-state index contributed by atoms with van der Waals surface area (Å²) in [5.74, 6) is 1.62. The van der Waals surface area contributed by atoms with Crippen LogP contribution in [0.5, 0.6) is 11.8 Å². The van der Waals surface area contributed by atoms with Gasteiger partial charge in [0.1, 0.15) is 29.7 Å². The number of nitrogen functional groups attached to an aromatic ring is 1. The van der Waals surface area contributed by atoms with Gasteiger partial charge in [-0.25, -0.2) is 14.8 Å². The summed E-state index contributed by atoms with van der Waals surface area (Å²) in [5.41, 5.74) is 6.00. The van der Waals surface area contributed by atoms with E-state index in [9.17, 15) is 14.4 Å². The zero-order valence-corrected chi connectivity index (χ0v) is 33.5. The zero-order chi connectivity index (χ0) is 39.7. The average molecular weight is 821 g/mol. The molecular formula is C35H52N10O9S2. The van der Waals surface area contributed by atoms with E-state index in [1.54, 1.807) is 0 Å². The number of anilines is 3. The van der Waals surface area contributed by atoms with Crippen LogP contribution in [0.3, 0.4) is 0 Å². The molecule has 2 aromatic rings. The number of aromatic nitrogens is 4. The van der Waals surface area contributed by atoms with Gasteiger partial charge < -0.3 is 59.9 Å². The number of fused-ring (bicyclic) bond motifs is 1. The van der Waals surface area contributed by atoms with E-state index in [-0.39, 0.29) is 72.5 Å². The SMILES string of the molecule is C=CC(=O)Nc1cc(N)nc(Sc2c(OC)nc(N3CCN(C)CC3)nc2OCCOCCOCCOCCOC(=O)CCCC[C@@H]2SC[C@@H]3NC(=O)N[C@@H]32)n1. The Bertz CT molecular complexity index is 1620. The predicted molar refractivity (Wildman–Crippen MR) is 211 cm³/mol. The van der Waals surface area contributed by atoms with E-state index < -0.39 is 5.91 Å². The molecule has 3 amide bonds. The highest BCUT2D eigenvalue weighted by molar-refractivity contribution is 8.00. The van der Waals surface area contributed by atoms with Crippen molar-refractivity contribution in [1.29, 1.82) is 0 Å². The van der Waals surface area contributed by atoms with Crippen molar-refractivity contribution >= 4 is 59.0 Å². The topological polar surface area (TPSA) is 227 Å². The summed E-state index contributed by atoms with van der Waals surface area (Å²) >= 11 is 2.96. The number of rotatable bonds is 24. The smallest absolute Gasteiger partial charge is 0.315 e. The number of methoxy groups -OCH3 is 1. The zero-order valence-electron chi connectivity index (χ0n) is 31.9. The van der Waals surface area contributed by atoms with Gasteiger partial charge in [0.05, 0.1) is 58.8 Å². The van der Waals surface area contributed by atoms with Crippen molar-refractivity contribution in [3.05, 3.63) is 18.7 Å². The number of amides is 3. The molecule has 2 aromatic heterocycles. The second-order valence-corrected chi connectivity index (χ2v) is 15.2. The Kier molecular flexibility index (Phi) is 17.3. The second-order valence-electron chi connectivity index (χ2n) is 13.0. The fourth-order valence-corrected chi connectivity index (χ4v) is 8.41. The Hall–Kier alpha value is -4.15. The minimum absolute atomic E-state index is 0.0830. The Morgan fingerprint density at radius 2 is 1.68 bits per heavy atom. The number of carbonyl (C=O) groups excluding carboxylic acids is 3. The molecule has 5 N–H and O–H groups in total. The first-order valence-electron chi connectivity index (χ1n) is 18.6. The maximum atomic E-state index is 12.1. The molecule has 0 aromatic carbocycles. The van der Waals surface area contributed by atoms with Gasteiger partial charge in [-0.1, -0.05) is 13.0 Å². The highest BCUT2D eigenvalue weighted by atomic mass is 32.2. The van der Waals surface area contributed by atoms with Crippen LogP contribution < -0.4 is 36.1 Å². The number of unbranched alkanes of at least 4 members (excludes halogenated alkanes) is 1. The van der Waals surface area contributed by atoms with E-state index in [4.69, 9.17) is 39.1 Å². The number of hydrogen-bond donors (Lipinski definition) is 4. The molecule has 308 valence electrons. The number of piperazine rings is 1. The van der Waals surface area contributed by atoms with Gasteiger partial charge in [-0.2, -0.15) is 21.7 Å². The largest absolute Gasteiger partial charge is 0.480 e. The number of likely N-dealkylation sites (N-methyl/N-ethyl adjacent to an activating group) is 1. The number of ether oxygens (including phenoxy) is 6. The maximum Gasteiger partial charge on any atom is 0.315 e. The molecule has 3 fully saturated rings. The highest BCUT2D eigenvalue weighted by Gasteiger charge is 2.42. The second kappa shape index (κ2) is 22.6. The molecule has 56 heavy (non-hydrogen) atoms. The van der Waals surface area contributed by atoms with Gasteiger partial charge in [0.15, 0.2) is 5.16 Å². The number of nitrogens with two attached hydrogens (primary N) is 1. The molecule has 3 aliphatic rings. The lowest BCUT2D eigenvalue weighted by Crippen LogP contribution is -2.45. The first-order valence-corrected chi connectivity index (χ1v) is 20.4. The standard InChI is InChI=1S/C35H52N10O9S2/c1-4-27(46)39-26-21-25(36)38-35(40-26)56-30-31(49-3)42-33(45-11-9-44(2)10-12-45)43-32(30)54-20-18-52-16-14-50-13-15-51-17-19-53-28(47)8-6-5-7-24-29-23(22-55-24)37-34(48)41-29/h4,21,23-24,29H,1,5-20,22H2,2-3H3,(H2,37,41,48)(H3,36,38,39,40,46)/t23-,24-,29-/m0/s1. The number of nitrogens with one attached hydrogen (secondary N) is 3. The highest BCUT2D eigenvalue weighted by Crippen LogP contribution is 2.40. The molecule has 21 heteroatoms. The van der Waals surface area contributed by atoms with Crippen molar-refractivity contribution in [2.75, 3.05) is 115 Å². The van der Waals surface area contributed by atoms with Gasteiger partial charge in [-0.3, -0.25) is 9.59 Å². The van der Waals surface area contributed by atoms with Crippen LogP contribution in [-0.4, -0.2) is 159 Å². The summed E-state index contributed by atoms with van der Waals surface area (Å²) in [7, 11) is 3.58. The van der Waals surface area contributed by atoms with Crippen LogP contribution in [0, 0.1) is 0 Å². The molecule has 0 saturated carbocycles. The summed E-state index contributed by atoms with van der Waals surface area (Å²) in [5, 5.41) is 9.14. The number of urea groups is 1. The number of carbonyl (C=O) groups is 3. The van der Waals surface area contributed by atoms with Crippen LogP contribution in [0.2, 0.25) is 0 Å². The quantitative estimate of drug-likeness (QED) is 0.0388. The fraction of sp³-hybridized carbons (Fsp3) is 0.629. The summed E-state index contributed by atoms with van der Waals surface area (Å²) in [6.07, 6.45) is 4.13. The maximum absolute atomic E-state index is 12.1. The molecular weight excluding hydrogens is 769 g/mol. The Morgan fingerprint density at radius 3 is 2.39 bits per heavy atom. The first-order chi connectivity index (χ1) is 27.2. The van der Waals surface area contributed by atoms with Gasteiger partial charge in [0, 0.05) is 49.7 Å². The Balaban J connectivity index is 0.966. The number of esters is 1. The molecule has 0 radical (unpaired) electrons. The fourth-order valence-electron chi connectivity index (χ4n) is 5.98. The van der Waals surface area contributed by atoms with Gasteiger partial charge in [-0.15, -0.1) is 0 Å². The molecule has 19 nitrogen and oxygen atoms in total. The summed E-state index contributed by atoms with van der Waals surface area (Å²) < 4.78 is 33.9. The van der Waals surface area contributed by atoms with Crippen LogP contribution in [0.25, 0.3) is 0 Å². The Labute approximate surface area is 334 Å². The van der Waals surface area contributed by atoms with E-state index in [2.05, 4.69) is 54.3 Å². The molecule has 0 bridgehead atoms.